The monoisotopic (exact) mass is 769 g/mol. The summed E-state index contributed by atoms with van der Waals surface area (Å²) in [7, 11) is 0. The predicted octanol–water partition coefficient (Wildman–Crippen LogP) is 4.96. The van der Waals surface area contributed by atoms with Crippen molar-refractivity contribution in [3.8, 4) is 0 Å². The Bertz CT molecular complexity index is 1750. The minimum atomic E-state index is -1.01. The topological polar surface area (TPSA) is 180 Å². The maximum Gasteiger partial charge on any atom is 0.290 e. The number of ketones is 2. The van der Waals surface area contributed by atoms with Crippen molar-refractivity contribution in [2.24, 2.45) is 28.2 Å². The third-order valence-electron chi connectivity index (χ3n) is 11.6. The van der Waals surface area contributed by atoms with Crippen LogP contribution in [-0.4, -0.2) is 86.5 Å². The molecule has 13 nitrogen and oxygen atoms in total. The fourth-order valence-electron chi connectivity index (χ4n) is 8.67. The number of hydrogen-bond donors (Lipinski definition) is 3. The van der Waals surface area contributed by atoms with Crippen LogP contribution < -0.4 is 16.0 Å². The van der Waals surface area contributed by atoms with E-state index in [-0.39, 0.29) is 35.3 Å². The Hall–Kier alpha value is -4.81. The van der Waals surface area contributed by atoms with Crippen LogP contribution in [0.1, 0.15) is 128 Å². The second-order valence-corrected chi connectivity index (χ2v) is 16.9. The van der Waals surface area contributed by atoms with Crippen LogP contribution in [0.15, 0.2) is 53.9 Å². The quantitative estimate of drug-likeness (QED) is 0.213. The molecule has 5 rings (SSSR count). The summed E-state index contributed by atoms with van der Waals surface area (Å²) in [5.41, 5.74) is 0.891. The second kappa shape index (κ2) is 18.9. The number of carbonyl (C=O) groups excluding carboxylic acids is 6. The van der Waals surface area contributed by atoms with Crippen molar-refractivity contribution in [1.82, 2.24) is 30.8 Å². The summed E-state index contributed by atoms with van der Waals surface area (Å²) in [4.78, 5) is 97.0. The van der Waals surface area contributed by atoms with Gasteiger partial charge in [0.25, 0.3) is 11.8 Å². The maximum atomic E-state index is 14.7. The van der Waals surface area contributed by atoms with Gasteiger partial charge in [0.2, 0.25) is 17.6 Å². The van der Waals surface area contributed by atoms with E-state index in [0.717, 1.165) is 37.7 Å². The van der Waals surface area contributed by atoms with Crippen molar-refractivity contribution in [2.75, 3.05) is 6.54 Å². The van der Waals surface area contributed by atoms with Gasteiger partial charge >= 0.3 is 0 Å². The Kier molecular flexibility index (Phi) is 14.3. The highest BCUT2D eigenvalue weighted by atomic mass is 16.2. The first-order valence-electron chi connectivity index (χ1n) is 20.3. The fourth-order valence-corrected chi connectivity index (χ4v) is 8.67. The molecule has 2 aromatic rings. The smallest absolute Gasteiger partial charge is 0.290 e. The number of aliphatic imine (C=N–C) groups is 1. The van der Waals surface area contributed by atoms with Crippen LogP contribution in [0.25, 0.3) is 0 Å². The summed E-state index contributed by atoms with van der Waals surface area (Å²) in [5, 5.41) is 8.70. The highest BCUT2D eigenvalue weighted by Crippen LogP contribution is 2.42. The number of nitrogens with one attached hydrogen (secondary N) is 3. The molecule has 0 bridgehead atoms. The molecule has 1 saturated heterocycles. The van der Waals surface area contributed by atoms with Gasteiger partial charge in [0.05, 0.1) is 18.3 Å². The molecule has 302 valence electrons. The number of nitrogens with zero attached hydrogens (tertiary/aromatic N) is 4. The zero-order valence-electron chi connectivity index (χ0n) is 33.8. The highest BCUT2D eigenvalue weighted by Gasteiger charge is 2.53. The van der Waals surface area contributed by atoms with Gasteiger partial charge in [0, 0.05) is 30.6 Å². The van der Waals surface area contributed by atoms with E-state index in [0.29, 0.717) is 44.4 Å². The lowest BCUT2D eigenvalue weighted by Gasteiger charge is -2.37. The third-order valence-corrected chi connectivity index (χ3v) is 11.6. The van der Waals surface area contributed by atoms with Gasteiger partial charge in [-0.3, -0.25) is 38.7 Å². The first-order chi connectivity index (χ1) is 26.7. The average molecular weight is 770 g/mol. The molecular formula is C43H59N7O6. The molecular weight excluding hydrogens is 711 g/mol. The van der Waals surface area contributed by atoms with Gasteiger partial charge in [0.1, 0.15) is 23.8 Å². The van der Waals surface area contributed by atoms with Gasteiger partial charge in [-0.2, -0.15) is 0 Å². The second-order valence-electron chi connectivity index (χ2n) is 16.9. The SMILES string of the molecule is CCC[C@H](/N=C1\CC[C@H]2CN(C(=O)[C@@H](NC(=O)[C@H](CC3CCCCC3)NC(=O)c3cnccn3)C(C)(C)C)[C@H](C(C)=O)[C@@H]12)C(=O)C(=O)N[C@@H](C)c1ccccc1. The molecule has 0 spiro atoms. The molecule has 4 amide bonds. The van der Waals surface area contributed by atoms with E-state index in [1.807, 2.05) is 65.0 Å². The van der Waals surface area contributed by atoms with Gasteiger partial charge < -0.3 is 20.9 Å². The molecule has 56 heavy (non-hydrogen) atoms. The van der Waals surface area contributed by atoms with Crippen LogP contribution in [-0.2, 0) is 24.0 Å². The van der Waals surface area contributed by atoms with Gasteiger partial charge in [-0.1, -0.05) is 96.6 Å². The van der Waals surface area contributed by atoms with Crippen molar-refractivity contribution in [1.29, 1.82) is 0 Å². The number of benzene rings is 1. The normalized spacial score (nSPS) is 22.7. The number of aromatic nitrogens is 2. The molecule has 7 atom stereocenters. The zero-order chi connectivity index (χ0) is 40.6. The van der Waals surface area contributed by atoms with E-state index in [4.69, 9.17) is 4.99 Å². The molecule has 1 aromatic carbocycles. The molecule has 3 fully saturated rings. The minimum absolute atomic E-state index is 0.0717. The summed E-state index contributed by atoms with van der Waals surface area (Å²) < 4.78 is 0. The summed E-state index contributed by atoms with van der Waals surface area (Å²) in [6.45, 7) is 11.1. The first-order valence-corrected chi connectivity index (χ1v) is 20.3. The maximum absolute atomic E-state index is 14.7. The van der Waals surface area contributed by atoms with Crippen molar-refractivity contribution in [3.05, 3.63) is 60.2 Å². The van der Waals surface area contributed by atoms with Crippen LogP contribution >= 0.6 is 0 Å². The van der Waals surface area contributed by atoms with E-state index < -0.39 is 59.0 Å². The molecule has 1 aromatic heterocycles. The largest absolute Gasteiger partial charge is 0.343 e. The molecule has 0 radical (unpaired) electrons. The molecule has 2 heterocycles. The van der Waals surface area contributed by atoms with Crippen molar-refractivity contribution in [3.63, 3.8) is 0 Å². The van der Waals surface area contributed by atoms with Crippen LogP contribution in [0.2, 0.25) is 0 Å². The van der Waals surface area contributed by atoms with Crippen molar-refractivity contribution >= 4 is 40.9 Å². The van der Waals surface area contributed by atoms with Gasteiger partial charge in [-0.25, -0.2) is 4.98 Å². The fraction of sp³-hybridized carbons (Fsp3) is 0.605. The van der Waals surface area contributed by atoms with Crippen LogP contribution in [0.3, 0.4) is 0 Å². The van der Waals surface area contributed by atoms with E-state index in [2.05, 4.69) is 25.9 Å². The predicted molar refractivity (Wildman–Crippen MR) is 212 cm³/mol. The summed E-state index contributed by atoms with van der Waals surface area (Å²) in [6, 6.07) is 5.36. The Labute approximate surface area is 330 Å². The Morgan fingerprint density at radius 1 is 0.946 bits per heavy atom. The average Bonchev–Trinajstić information content (AvgIpc) is 3.76. The highest BCUT2D eigenvalue weighted by molar-refractivity contribution is 6.38. The first kappa shape index (κ1) is 42.3. The van der Waals surface area contributed by atoms with Crippen LogP contribution in [0, 0.1) is 23.2 Å². The molecule has 3 N–H and O–H groups in total. The van der Waals surface area contributed by atoms with Gasteiger partial charge in [0.15, 0.2) is 5.78 Å². The summed E-state index contributed by atoms with van der Waals surface area (Å²) >= 11 is 0. The Balaban J connectivity index is 1.35. The molecule has 0 unspecified atom stereocenters. The van der Waals surface area contributed by atoms with Crippen LogP contribution in [0.4, 0.5) is 0 Å². The van der Waals surface area contributed by atoms with Gasteiger partial charge in [-0.05, 0) is 62.3 Å². The molecule has 3 aliphatic rings. The number of amides is 4. The van der Waals surface area contributed by atoms with Crippen molar-refractivity contribution in [2.45, 2.75) is 136 Å². The zero-order valence-corrected chi connectivity index (χ0v) is 33.8. The number of rotatable bonds is 15. The summed E-state index contributed by atoms with van der Waals surface area (Å²) in [5.74, 6) is -3.15. The summed E-state index contributed by atoms with van der Waals surface area (Å²) in [6.07, 6.45) is 12.0. The van der Waals surface area contributed by atoms with E-state index in [9.17, 15) is 28.8 Å². The standard InChI is InChI=1S/C43H59N7O6/c1-7-14-32(37(52)41(55)46-26(2)29-17-12-9-13-18-29)47-31-20-19-30-25-50(36(27(3)51)35(30)31)42(56)38(43(4,5)6)49-39(53)33(23-28-15-10-8-11-16-28)48-40(54)34-24-44-21-22-45-34/h9,12-13,17-18,21-22,24,26,28,30,32-33,35-36,38H,7-8,10-11,14-16,19-20,23,25H2,1-6H3,(H,46,55)(H,48,54)(H,49,53)/b47-31+/t26-,30-,32-,33-,35+,36+,38+/m0/s1. The van der Waals surface area contributed by atoms with Crippen LogP contribution in [0.5, 0.6) is 0 Å². The number of fused-ring (bicyclic) bond motifs is 1. The molecule has 1 aliphatic heterocycles. The Morgan fingerprint density at radius 2 is 1.66 bits per heavy atom. The number of likely N-dealkylation sites (tertiary alicyclic amines) is 1. The minimum Gasteiger partial charge on any atom is -0.343 e. The Morgan fingerprint density at radius 3 is 2.29 bits per heavy atom. The van der Waals surface area contributed by atoms with E-state index >= 15 is 0 Å². The third kappa shape index (κ3) is 10.3. The van der Waals surface area contributed by atoms with E-state index in [1.165, 1.54) is 25.5 Å². The lowest BCUT2D eigenvalue weighted by Crippen LogP contribution is -2.60. The molecule has 2 saturated carbocycles. The number of hydrogen-bond acceptors (Lipinski definition) is 9. The lowest BCUT2D eigenvalue weighted by molar-refractivity contribution is -0.143. The molecule has 2 aliphatic carbocycles. The van der Waals surface area contributed by atoms with E-state index in [1.54, 1.807) is 4.90 Å². The lowest BCUT2D eigenvalue weighted by atomic mass is 9.83. The van der Waals surface area contributed by atoms with Gasteiger partial charge in [-0.15, -0.1) is 0 Å². The molecule has 13 heteroatoms. The van der Waals surface area contributed by atoms with Crippen molar-refractivity contribution < 1.29 is 28.8 Å². The number of carbonyl (C=O) groups is 6. The number of Topliss-reactive ketones (excluding diaryl/α,β-unsaturated/α-hetero) is 2.